The monoisotopic (exact) mass is 399 g/mol. The van der Waals surface area contributed by atoms with Crippen molar-refractivity contribution in [3.8, 4) is 0 Å². The van der Waals surface area contributed by atoms with Gasteiger partial charge in [-0.05, 0) is 54.7 Å². The van der Waals surface area contributed by atoms with Gasteiger partial charge in [0.2, 0.25) is 5.91 Å². The van der Waals surface area contributed by atoms with Gasteiger partial charge in [0.15, 0.2) is 0 Å². The Morgan fingerprint density at radius 1 is 1.32 bits per heavy atom. The maximum Gasteiger partial charge on any atom is 0.250 e. The van der Waals surface area contributed by atoms with Crippen molar-refractivity contribution < 1.29 is 13.2 Å². The van der Waals surface area contributed by atoms with Crippen molar-refractivity contribution in [2.75, 3.05) is 12.3 Å². The van der Waals surface area contributed by atoms with Crippen molar-refractivity contribution in [1.29, 1.82) is 0 Å². The Balaban J connectivity index is 1.62. The van der Waals surface area contributed by atoms with Crippen LogP contribution in [-0.2, 0) is 21.2 Å². The largest absolute Gasteiger partial charge is 0.399 e. The second-order valence-electron chi connectivity index (χ2n) is 5.85. The number of sulfonamides is 1. The van der Waals surface area contributed by atoms with Crippen LogP contribution in [0.15, 0.2) is 34.5 Å². The van der Waals surface area contributed by atoms with E-state index in [1.54, 1.807) is 0 Å². The average molecular weight is 400 g/mol. The van der Waals surface area contributed by atoms with Crippen molar-refractivity contribution in [1.82, 2.24) is 10.0 Å². The van der Waals surface area contributed by atoms with Crippen LogP contribution in [0.4, 0.5) is 5.69 Å². The van der Waals surface area contributed by atoms with Crippen molar-refractivity contribution in [2.24, 2.45) is 0 Å². The van der Waals surface area contributed by atoms with Gasteiger partial charge in [-0.1, -0.05) is 17.7 Å². The maximum atomic E-state index is 12.2. The number of benzene rings is 1. The molecule has 0 aliphatic heterocycles. The first-order valence-corrected chi connectivity index (χ1v) is 10.5. The van der Waals surface area contributed by atoms with Gasteiger partial charge in [-0.15, -0.1) is 11.3 Å². The van der Waals surface area contributed by atoms with E-state index in [4.69, 9.17) is 17.3 Å². The summed E-state index contributed by atoms with van der Waals surface area (Å²) in [6, 6.07) is 8.45. The zero-order chi connectivity index (χ0) is 18.0. The first kappa shape index (κ1) is 18.2. The number of carbonyl (C=O) groups excluding carboxylic acids is 1. The highest BCUT2D eigenvalue weighted by atomic mass is 35.5. The number of aryl methyl sites for hydroxylation is 1. The molecule has 0 bridgehead atoms. The molecule has 1 atom stereocenters. The molecule has 0 saturated heterocycles. The van der Waals surface area contributed by atoms with Gasteiger partial charge in [-0.2, -0.15) is 0 Å². The third-order valence-corrected chi connectivity index (χ3v) is 7.18. The van der Waals surface area contributed by atoms with Gasteiger partial charge in [0.1, 0.15) is 4.21 Å². The number of nitrogens with two attached hydrogens (primary N) is 1. The van der Waals surface area contributed by atoms with Gasteiger partial charge in [0.05, 0.1) is 16.9 Å². The minimum Gasteiger partial charge on any atom is -0.399 e. The quantitative estimate of drug-likeness (QED) is 0.672. The van der Waals surface area contributed by atoms with Crippen LogP contribution in [0, 0.1) is 0 Å². The van der Waals surface area contributed by atoms with Crippen LogP contribution in [0.25, 0.3) is 0 Å². The number of carbonyl (C=O) groups is 1. The lowest BCUT2D eigenvalue weighted by Crippen LogP contribution is -2.39. The van der Waals surface area contributed by atoms with Crippen molar-refractivity contribution in [2.45, 2.75) is 29.5 Å². The zero-order valence-electron chi connectivity index (χ0n) is 13.3. The first-order valence-electron chi connectivity index (χ1n) is 7.78. The summed E-state index contributed by atoms with van der Waals surface area (Å²) in [5.74, 6) is -0.374. The van der Waals surface area contributed by atoms with Crippen LogP contribution in [0.5, 0.6) is 0 Å². The number of fused-ring (bicyclic) bond motifs is 1. The van der Waals surface area contributed by atoms with E-state index in [0.29, 0.717) is 10.0 Å². The molecule has 0 radical (unpaired) electrons. The highest BCUT2D eigenvalue weighted by Crippen LogP contribution is 2.31. The number of hydrogen-bond acceptors (Lipinski definition) is 5. The first-order chi connectivity index (χ1) is 11.8. The van der Waals surface area contributed by atoms with E-state index in [2.05, 4.69) is 10.0 Å². The van der Waals surface area contributed by atoms with Crippen LogP contribution in [0.1, 0.15) is 30.0 Å². The Bertz CT molecular complexity index is 896. The number of thiophene rings is 1. The zero-order valence-corrected chi connectivity index (χ0v) is 15.7. The Labute approximate surface area is 155 Å². The van der Waals surface area contributed by atoms with Crippen LogP contribution in [0.3, 0.4) is 0 Å². The Morgan fingerprint density at radius 2 is 2.12 bits per heavy atom. The normalized spacial score (nSPS) is 17.1. The standard InChI is InChI=1S/C16H18ClN3O3S2/c17-14-6-7-16(24-14)25(22,23)19-9-15(21)20-13-3-1-2-10-8-11(18)4-5-12(10)13/h4-8,13,19H,1-3,9,18H2,(H,20,21). The number of anilines is 1. The third kappa shape index (κ3) is 4.33. The number of nitrogens with one attached hydrogen (secondary N) is 2. The number of nitrogen functional groups attached to an aromatic ring is 1. The molecule has 0 spiro atoms. The smallest absolute Gasteiger partial charge is 0.250 e. The number of halogens is 1. The summed E-state index contributed by atoms with van der Waals surface area (Å²) in [6.45, 7) is -0.321. The predicted molar refractivity (Wildman–Crippen MR) is 99.2 cm³/mol. The van der Waals surface area contributed by atoms with E-state index in [9.17, 15) is 13.2 Å². The lowest BCUT2D eigenvalue weighted by Gasteiger charge is -2.26. The summed E-state index contributed by atoms with van der Waals surface area (Å²) < 4.78 is 27.0. The topological polar surface area (TPSA) is 101 Å². The molecule has 0 fully saturated rings. The summed E-state index contributed by atoms with van der Waals surface area (Å²) in [4.78, 5) is 12.2. The van der Waals surface area contributed by atoms with Gasteiger partial charge in [0, 0.05) is 5.69 Å². The second kappa shape index (κ2) is 7.33. The van der Waals surface area contributed by atoms with Crippen LogP contribution in [0.2, 0.25) is 4.34 Å². The third-order valence-electron chi connectivity index (χ3n) is 4.05. The van der Waals surface area contributed by atoms with Crippen molar-refractivity contribution >= 4 is 44.6 Å². The van der Waals surface area contributed by atoms with Crippen LogP contribution >= 0.6 is 22.9 Å². The van der Waals surface area contributed by atoms with E-state index in [0.717, 1.165) is 41.7 Å². The van der Waals surface area contributed by atoms with Gasteiger partial charge >= 0.3 is 0 Å². The van der Waals surface area contributed by atoms with Crippen molar-refractivity contribution in [3.05, 3.63) is 45.8 Å². The van der Waals surface area contributed by atoms with E-state index in [1.165, 1.54) is 12.1 Å². The molecule has 1 amide bonds. The van der Waals surface area contributed by atoms with Crippen molar-refractivity contribution in [3.63, 3.8) is 0 Å². The summed E-state index contributed by atoms with van der Waals surface area (Å²) in [5, 5.41) is 2.89. The molecule has 1 heterocycles. The molecule has 1 aromatic carbocycles. The molecule has 4 N–H and O–H groups in total. The number of amides is 1. The fourth-order valence-electron chi connectivity index (χ4n) is 2.90. The Kier molecular flexibility index (Phi) is 5.33. The molecule has 0 saturated carbocycles. The molecular weight excluding hydrogens is 382 g/mol. The van der Waals surface area contributed by atoms with E-state index in [1.807, 2.05) is 18.2 Å². The van der Waals surface area contributed by atoms with Gasteiger partial charge in [-0.25, -0.2) is 13.1 Å². The Morgan fingerprint density at radius 3 is 2.84 bits per heavy atom. The molecule has 1 aliphatic rings. The fraction of sp³-hybridized carbons (Fsp3) is 0.312. The summed E-state index contributed by atoms with van der Waals surface area (Å²) >= 11 is 6.70. The van der Waals surface area contributed by atoms with E-state index < -0.39 is 10.0 Å². The molecule has 9 heteroatoms. The minimum atomic E-state index is -3.73. The molecule has 1 unspecified atom stereocenters. The summed E-state index contributed by atoms with van der Waals surface area (Å²) in [6.07, 6.45) is 2.69. The second-order valence-corrected chi connectivity index (χ2v) is 9.56. The molecule has 1 aromatic heterocycles. The molecule has 1 aliphatic carbocycles. The highest BCUT2D eigenvalue weighted by molar-refractivity contribution is 7.91. The fourth-order valence-corrected chi connectivity index (χ4v) is 5.41. The van der Waals surface area contributed by atoms with E-state index in [-0.39, 0.29) is 22.7 Å². The lowest BCUT2D eigenvalue weighted by molar-refractivity contribution is -0.120. The molecule has 2 aromatic rings. The molecule has 6 nitrogen and oxygen atoms in total. The number of rotatable bonds is 5. The predicted octanol–water partition coefficient (Wildman–Crippen LogP) is 2.46. The SMILES string of the molecule is Nc1ccc2c(c1)CCCC2NC(=O)CNS(=O)(=O)c1ccc(Cl)s1. The average Bonchev–Trinajstić information content (AvgIpc) is 3.00. The van der Waals surface area contributed by atoms with Gasteiger partial charge < -0.3 is 11.1 Å². The number of hydrogen-bond donors (Lipinski definition) is 3. The Hall–Kier alpha value is -1.61. The summed E-state index contributed by atoms with van der Waals surface area (Å²) in [7, 11) is -3.73. The van der Waals surface area contributed by atoms with Crippen LogP contribution < -0.4 is 15.8 Å². The molecular formula is C16H18ClN3O3S2. The minimum absolute atomic E-state index is 0.0868. The van der Waals surface area contributed by atoms with Gasteiger partial charge in [0.25, 0.3) is 10.0 Å². The highest BCUT2D eigenvalue weighted by Gasteiger charge is 2.23. The van der Waals surface area contributed by atoms with E-state index >= 15 is 0 Å². The molecule has 3 rings (SSSR count). The molecule has 134 valence electrons. The summed E-state index contributed by atoms with van der Waals surface area (Å²) in [5.41, 5.74) is 8.68. The lowest BCUT2D eigenvalue weighted by atomic mass is 9.87. The van der Waals surface area contributed by atoms with Crippen LogP contribution in [-0.4, -0.2) is 20.9 Å². The molecule has 25 heavy (non-hydrogen) atoms. The maximum absolute atomic E-state index is 12.2. The van der Waals surface area contributed by atoms with Gasteiger partial charge in [-0.3, -0.25) is 4.79 Å².